The highest BCUT2D eigenvalue weighted by Gasteiger charge is 2.34. The van der Waals surface area contributed by atoms with E-state index in [2.05, 4.69) is 32.2 Å². The first kappa shape index (κ1) is 21.5. The number of piperidine rings is 1. The molecule has 9 heteroatoms. The van der Waals surface area contributed by atoms with Gasteiger partial charge in [-0.3, -0.25) is 4.79 Å². The summed E-state index contributed by atoms with van der Waals surface area (Å²) in [5.41, 5.74) is 1.06. The number of likely N-dealkylation sites (tertiary alicyclic amines) is 1. The zero-order chi connectivity index (χ0) is 21.8. The van der Waals surface area contributed by atoms with E-state index in [1.807, 2.05) is 11.0 Å². The Labute approximate surface area is 190 Å². The number of halogens is 2. The molecule has 31 heavy (non-hydrogen) atoms. The standard InChI is InChI=1S/C22H22Cl2N6O/c1-14-5-3-10-30(18(14)13-29-22-27-11-15(23)12-28-22)21(31)19-16(6-2-7-17(19)24)20-25-8-4-9-26-20/h2,4,6-9,11-12,14,18H,3,5,10,13H2,1H3,(H,27,28,29)/t14-,18-/m1/s1. The van der Waals surface area contributed by atoms with E-state index < -0.39 is 0 Å². The first-order chi connectivity index (χ1) is 15.0. The van der Waals surface area contributed by atoms with Crippen LogP contribution in [-0.2, 0) is 0 Å². The number of hydrogen-bond acceptors (Lipinski definition) is 6. The van der Waals surface area contributed by atoms with Gasteiger partial charge in [-0.1, -0.05) is 42.3 Å². The number of hydrogen-bond donors (Lipinski definition) is 1. The second-order valence-corrected chi connectivity index (χ2v) is 8.37. The molecule has 1 amide bonds. The predicted molar refractivity (Wildman–Crippen MR) is 121 cm³/mol. The molecule has 1 fully saturated rings. The van der Waals surface area contributed by atoms with E-state index in [9.17, 15) is 4.79 Å². The highest BCUT2D eigenvalue weighted by atomic mass is 35.5. The Morgan fingerprint density at radius 2 is 1.87 bits per heavy atom. The summed E-state index contributed by atoms with van der Waals surface area (Å²) < 4.78 is 0. The second kappa shape index (κ2) is 9.58. The van der Waals surface area contributed by atoms with Crippen molar-refractivity contribution in [3.63, 3.8) is 0 Å². The van der Waals surface area contributed by atoms with Crippen molar-refractivity contribution in [2.24, 2.45) is 5.92 Å². The minimum atomic E-state index is -0.122. The zero-order valence-electron chi connectivity index (χ0n) is 17.0. The SMILES string of the molecule is C[C@@H]1CCCN(C(=O)c2c(Cl)cccc2-c2ncccn2)[C@@H]1CNc1ncc(Cl)cn1. The molecule has 0 bridgehead atoms. The molecule has 1 N–H and O–H groups in total. The van der Waals surface area contributed by atoms with Crippen molar-refractivity contribution >= 4 is 35.1 Å². The molecule has 0 spiro atoms. The summed E-state index contributed by atoms with van der Waals surface area (Å²) in [6.07, 6.45) is 8.36. The minimum absolute atomic E-state index is 0.0404. The van der Waals surface area contributed by atoms with Gasteiger partial charge in [0.05, 0.1) is 34.0 Å². The van der Waals surface area contributed by atoms with Crippen LogP contribution in [0.4, 0.5) is 5.95 Å². The Hall–Kier alpha value is -2.77. The van der Waals surface area contributed by atoms with Gasteiger partial charge in [0.1, 0.15) is 0 Å². The third-order valence-corrected chi connectivity index (χ3v) is 6.01. The summed E-state index contributed by atoms with van der Waals surface area (Å²) in [6, 6.07) is 7.06. The third-order valence-electron chi connectivity index (χ3n) is 5.50. The van der Waals surface area contributed by atoms with Crippen LogP contribution in [0.5, 0.6) is 0 Å². The third kappa shape index (κ3) is 4.78. The first-order valence-electron chi connectivity index (χ1n) is 10.1. The molecule has 160 valence electrons. The average Bonchev–Trinajstić information content (AvgIpc) is 2.79. The monoisotopic (exact) mass is 456 g/mol. The van der Waals surface area contributed by atoms with Crippen molar-refractivity contribution in [2.45, 2.75) is 25.8 Å². The predicted octanol–water partition coefficient (Wildman–Crippen LogP) is 4.59. The van der Waals surface area contributed by atoms with E-state index in [0.717, 1.165) is 12.8 Å². The van der Waals surface area contributed by atoms with E-state index in [1.54, 1.807) is 43.0 Å². The van der Waals surface area contributed by atoms with Gasteiger partial charge in [0.25, 0.3) is 5.91 Å². The number of rotatable bonds is 5. The highest BCUT2D eigenvalue weighted by Crippen LogP contribution is 2.32. The maximum absolute atomic E-state index is 13.7. The number of carbonyl (C=O) groups excluding carboxylic acids is 1. The summed E-state index contributed by atoms with van der Waals surface area (Å²) >= 11 is 12.4. The van der Waals surface area contributed by atoms with Crippen molar-refractivity contribution in [3.05, 3.63) is 64.7 Å². The zero-order valence-corrected chi connectivity index (χ0v) is 18.5. The molecule has 7 nitrogen and oxygen atoms in total. The Morgan fingerprint density at radius 1 is 1.13 bits per heavy atom. The minimum Gasteiger partial charge on any atom is -0.352 e. The van der Waals surface area contributed by atoms with Crippen LogP contribution in [0.15, 0.2) is 49.1 Å². The van der Waals surface area contributed by atoms with Gasteiger partial charge in [-0.15, -0.1) is 0 Å². The molecule has 3 aromatic rings. The number of aromatic nitrogens is 4. The molecule has 3 heterocycles. The molecule has 2 aromatic heterocycles. The fraction of sp³-hybridized carbons (Fsp3) is 0.318. The van der Waals surface area contributed by atoms with E-state index >= 15 is 0 Å². The Bertz CT molecular complexity index is 1050. The van der Waals surface area contributed by atoms with Crippen LogP contribution in [0.25, 0.3) is 11.4 Å². The lowest BCUT2D eigenvalue weighted by Gasteiger charge is -2.40. The fourth-order valence-electron chi connectivity index (χ4n) is 3.92. The van der Waals surface area contributed by atoms with E-state index in [-0.39, 0.29) is 11.9 Å². The molecule has 0 aliphatic carbocycles. The molecule has 1 aromatic carbocycles. The Morgan fingerprint density at radius 3 is 2.61 bits per heavy atom. The quantitative estimate of drug-likeness (QED) is 0.603. The molecule has 4 rings (SSSR count). The smallest absolute Gasteiger partial charge is 0.256 e. The van der Waals surface area contributed by atoms with Crippen LogP contribution in [-0.4, -0.2) is 49.9 Å². The van der Waals surface area contributed by atoms with Crippen molar-refractivity contribution < 1.29 is 4.79 Å². The average molecular weight is 457 g/mol. The normalized spacial score (nSPS) is 18.6. The maximum atomic E-state index is 13.7. The number of anilines is 1. The lowest BCUT2D eigenvalue weighted by atomic mass is 9.89. The molecule has 1 aliphatic rings. The number of carbonyl (C=O) groups is 1. The lowest BCUT2D eigenvalue weighted by molar-refractivity contribution is 0.0541. The number of amides is 1. The van der Waals surface area contributed by atoms with E-state index in [0.29, 0.717) is 52.0 Å². The van der Waals surface area contributed by atoms with Gasteiger partial charge < -0.3 is 10.2 Å². The van der Waals surface area contributed by atoms with Crippen molar-refractivity contribution in [1.29, 1.82) is 0 Å². The molecule has 0 saturated carbocycles. The van der Waals surface area contributed by atoms with Gasteiger partial charge in [0, 0.05) is 31.0 Å². The second-order valence-electron chi connectivity index (χ2n) is 7.53. The Balaban J connectivity index is 1.62. The fourth-order valence-corrected chi connectivity index (χ4v) is 4.27. The van der Waals surface area contributed by atoms with Crippen molar-refractivity contribution in [3.8, 4) is 11.4 Å². The molecule has 1 aliphatic heterocycles. The van der Waals surface area contributed by atoms with Crippen molar-refractivity contribution in [1.82, 2.24) is 24.8 Å². The van der Waals surface area contributed by atoms with Gasteiger partial charge in [0.2, 0.25) is 5.95 Å². The van der Waals surface area contributed by atoms with Crippen LogP contribution in [0, 0.1) is 5.92 Å². The molecular formula is C22H22Cl2N6O. The van der Waals surface area contributed by atoms with Gasteiger partial charge >= 0.3 is 0 Å². The molecule has 0 unspecified atom stereocenters. The number of nitrogens with zero attached hydrogens (tertiary/aromatic N) is 5. The number of nitrogens with one attached hydrogen (secondary N) is 1. The van der Waals surface area contributed by atoms with Gasteiger partial charge in [0.15, 0.2) is 5.82 Å². The topological polar surface area (TPSA) is 83.9 Å². The van der Waals surface area contributed by atoms with Crippen LogP contribution >= 0.6 is 23.2 Å². The van der Waals surface area contributed by atoms with Crippen molar-refractivity contribution in [2.75, 3.05) is 18.4 Å². The van der Waals surface area contributed by atoms with E-state index in [1.165, 1.54) is 0 Å². The van der Waals surface area contributed by atoms with Gasteiger partial charge in [-0.25, -0.2) is 19.9 Å². The number of benzene rings is 1. The lowest BCUT2D eigenvalue weighted by Crippen LogP contribution is -2.51. The summed E-state index contributed by atoms with van der Waals surface area (Å²) in [5.74, 6) is 1.13. The van der Waals surface area contributed by atoms with Crippen LogP contribution in [0.3, 0.4) is 0 Å². The molecule has 2 atom stereocenters. The summed E-state index contributed by atoms with van der Waals surface area (Å²) in [5, 5.41) is 4.10. The summed E-state index contributed by atoms with van der Waals surface area (Å²) in [6.45, 7) is 3.33. The first-order valence-corrected chi connectivity index (χ1v) is 10.9. The van der Waals surface area contributed by atoms with Gasteiger partial charge in [-0.05, 0) is 30.9 Å². The molecule has 1 saturated heterocycles. The Kier molecular flexibility index (Phi) is 6.63. The maximum Gasteiger partial charge on any atom is 0.256 e. The summed E-state index contributed by atoms with van der Waals surface area (Å²) in [7, 11) is 0. The highest BCUT2D eigenvalue weighted by molar-refractivity contribution is 6.34. The van der Waals surface area contributed by atoms with Crippen LogP contribution in [0.1, 0.15) is 30.1 Å². The largest absolute Gasteiger partial charge is 0.352 e. The van der Waals surface area contributed by atoms with Crippen LogP contribution < -0.4 is 5.32 Å². The molecular weight excluding hydrogens is 435 g/mol. The summed E-state index contributed by atoms with van der Waals surface area (Å²) in [4.78, 5) is 32.6. The molecule has 0 radical (unpaired) electrons. The van der Waals surface area contributed by atoms with E-state index in [4.69, 9.17) is 23.2 Å². The van der Waals surface area contributed by atoms with Crippen LogP contribution in [0.2, 0.25) is 10.0 Å². The van der Waals surface area contributed by atoms with Gasteiger partial charge in [-0.2, -0.15) is 0 Å².